The van der Waals surface area contributed by atoms with Gasteiger partial charge in [0.25, 0.3) is 0 Å². The number of nitrogens with zero attached hydrogens (tertiary/aromatic N) is 12. The highest BCUT2D eigenvalue weighted by atomic mass is 32.2. The summed E-state index contributed by atoms with van der Waals surface area (Å²) in [5.41, 5.74) is 2.04. The van der Waals surface area contributed by atoms with Crippen LogP contribution in [0.15, 0.2) is 97.8 Å². The zero-order chi connectivity index (χ0) is 53.2. The second-order valence-corrected chi connectivity index (χ2v) is 20.9. The Balaban J connectivity index is 0.000000216. The molecule has 0 aliphatic carbocycles. The van der Waals surface area contributed by atoms with Gasteiger partial charge >= 0.3 is 0 Å². The highest BCUT2D eigenvalue weighted by molar-refractivity contribution is 7.91. The Bertz CT molecular complexity index is 3170. The molecule has 0 saturated heterocycles. The molecule has 8 rings (SSSR count). The molecule has 0 fully saturated rings. The average molecular weight is 1060 g/mol. The van der Waals surface area contributed by atoms with E-state index in [1.54, 1.807) is 96.0 Å². The third-order valence-corrected chi connectivity index (χ3v) is 15.4. The van der Waals surface area contributed by atoms with Gasteiger partial charge in [-0.3, -0.25) is 9.13 Å². The third kappa shape index (κ3) is 12.1. The van der Waals surface area contributed by atoms with Gasteiger partial charge in [0.2, 0.25) is 11.8 Å². The molecule has 6 heterocycles. The Morgan fingerprint density at radius 2 is 0.824 bits per heavy atom. The lowest BCUT2D eigenvalue weighted by Crippen LogP contribution is -2.24. The maximum Gasteiger partial charge on any atom is 0.213 e. The summed E-state index contributed by atoms with van der Waals surface area (Å²) >= 11 is 0. The Labute approximate surface area is 424 Å². The molecule has 74 heavy (non-hydrogen) atoms. The van der Waals surface area contributed by atoms with Crippen LogP contribution in [0.1, 0.15) is 37.1 Å². The molecule has 2 unspecified atom stereocenters. The minimum Gasteiger partial charge on any atom is -0.494 e. The topological polar surface area (TPSA) is 262 Å². The molecule has 2 aromatic carbocycles. The predicted octanol–water partition coefficient (Wildman–Crippen LogP) is 5.66. The molecular formula is C48H50F2N12O10S2. The summed E-state index contributed by atoms with van der Waals surface area (Å²) in [7, 11) is 1.40. The molecule has 0 saturated carbocycles. The van der Waals surface area contributed by atoms with Gasteiger partial charge in [-0.25, -0.2) is 55.5 Å². The Morgan fingerprint density at radius 3 is 1.14 bits per heavy atom. The summed E-state index contributed by atoms with van der Waals surface area (Å²) in [5.74, 6) is 1.68. The summed E-state index contributed by atoms with van der Waals surface area (Å²) < 4.78 is 116. The van der Waals surface area contributed by atoms with Crippen molar-refractivity contribution in [2.45, 2.75) is 48.7 Å². The highest BCUT2D eigenvalue weighted by Gasteiger charge is 2.31. The van der Waals surface area contributed by atoms with E-state index in [0.717, 1.165) is 24.8 Å². The third-order valence-electron chi connectivity index (χ3n) is 11.3. The van der Waals surface area contributed by atoms with Gasteiger partial charge in [-0.1, -0.05) is 12.1 Å². The van der Waals surface area contributed by atoms with Gasteiger partial charge in [0.05, 0.1) is 77.9 Å². The van der Waals surface area contributed by atoms with Crippen molar-refractivity contribution in [2.24, 2.45) is 0 Å². The molecular weight excluding hydrogens is 1010 g/mol. The van der Waals surface area contributed by atoms with Crippen LogP contribution >= 0.6 is 0 Å². The van der Waals surface area contributed by atoms with Crippen LogP contribution in [0.3, 0.4) is 0 Å². The number of hydrogen-bond acceptors (Lipinski definition) is 20. The fraction of sp³-hybridized carbons (Fsp3) is 0.292. The molecule has 0 N–H and O–H groups in total. The van der Waals surface area contributed by atoms with Crippen LogP contribution in [0.2, 0.25) is 0 Å². The Kier molecular flexibility index (Phi) is 17.0. The lowest BCUT2D eigenvalue weighted by atomic mass is 10.2. The zero-order valence-electron chi connectivity index (χ0n) is 41.2. The molecule has 6 aromatic heterocycles. The summed E-state index contributed by atoms with van der Waals surface area (Å²) in [5, 5.41) is 15.3. The number of para-hydroxylation sites is 2. The number of pyridine rings is 2. The summed E-state index contributed by atoms with van der Waals surface area (Å²) in [4.78, 5) is 23.8. The first kappa shape index (κ1) is 53.5. The van der Waals surface area contributed by atoms with E-state index in [4.69, 9.17) is 28.4 Å². The van der Waals surface area contributed by atoms with Gasteiger partial charge in [0, 0.05) is 48.5 Å². The molecule has 0 radical (unpaired) electrons. The first-order valence-electron chi connectivity index (χ1n) is 22.2. The van der Waals surface area contributed by atoms with Gasteiger partial charge in [0.15, 0.2) is 54.6 Å². The quantitative estimate of drug-likeness (QED) is 0.0891. The van der Waals surface area contributed by atoms with Crippen molar-refractivity contribution in [1.29, 1.82) is 0 Å². The number of halogens is 2. The number of sulfone groups is 2. The fourth-order valence-electron chi connectivity index (χ4n) is 7.39. The largest absolute Gasteiger partial charge is 0.494 e. The SMILES string of the molecule is COc1cc(-c2nnc(CS(=O)(=O)C(C)Cc3ncc(F)cn3)n2-c2c(OC)cccc2OC)ccn1.COc1cc(-c2nnc(CS(=O)(=O)C(C)Cc3ncc(F)cn3)n2-c2c(OC)cccc2OC)ccn1. The molecule has 388 valence electrons. The second-order valence-electron chi connectivity index (χ2n) is 16.0. The van der Waals surface area contributed by atoms with Crippen molar-refractivity contribution >= 4 is 19.7 Å². The normalized spacial score (nSPS) is 12.2. The molecule has 22 nitrogen and oxygen atoms in total. The van der Waals surface area contributed by atoms with Gasteiger partial charge in [0.1, 0.15) is 57.5 Å². The van der Waals surface area contributed by atoms with Crippen molar-refractivity contribution in [2.75, 3.05) is 42.7 Å². The van der Waals surface area contributed by atoms with E-state index in [-0.39, 0.29) is 36.1 Å². The monoisotopic (exact) mass is 1060 g/mol. The van der Waals surface area contributed by atoms with Crippen LogP contribution in [0.4, 0.5) is 8.78 Å². The lowest BCUT2D eigenvalue weighted by Gasteiger charge is -2.18. The first-order chi connectivity index (χ1) is 35.5. The van der Waals surface area contributed by atoms with Gasteiger partial charge in [-0.05, 0) is 50.2 Å². The fourth-order valence-corrected chi connectivity index (χ4v) is 9.86. The number of benzene rings is 2. The van der Waals surface area contributed by atoms with E-state index in [1.807, 2.05) is 0 Å². The van der Waals surface area contributed by atoms with Crippen molar-refractivity contribution < 1.29 is 54.0 Å². The maximum atomic E-state index is 13.4. The van der Waals surface area contributed by atoms with Gasteiger partial charge in [-0.2, -0.15) is 0 Å². The van der Waals surface area contributed by atoms with Crippen molar-refractivity contribution in [1.82, 2.24) is 59.4 Å². The van der Waals surface area contributed by atoms with E-state index in [9.17, 15) is 25.6 Å². The molecule has 0 bridgehead atoms. The highest BCUT2D eigenvalue weighted by Crippen LogP contribution is 2.39. The number of rotatable bonds is 20. The van der Waals surface area contributed by atoms with E-state index in [0.29, 0.717) is 68.9 Å². The number of aromatic nitrogens is 12. The Hall–Kier alpha value is -8.26. The first-order valence-corrected chi connectivity index (χ1v) is 25.7. The molecule has 26 heteroatoms. The van der Waals surface area contributed by atoms with Crippen LogP contribution in [0, 0.1) is 11.6 Å². The predicted molar refractivity (Wildman–Crippen MR) is 264 cm³/mol. The van der Waals surface area contributed by atoms with Gasteiger partial charge in [-0.15, -0.1) is 20.4 Å². The minimum atomic E-state index is -3.79. The van der Waals surface area contributed by atoms with Crippen LogP contribution in [0.5, 0.6) is 34.8 Å². The molecule has 0 aliphatic rings. The standard InChI is InChI=1S/2C24H25FN6O5S/c2*1-15(10-20-27-12-17(25)13-28-20)37(32,33)14-21-29-30-24(16-8-9-26-22(11-16)36-4)31(21)23-18(34-2)6-5-7-19(23)35-3/h2*5-9,11-13,15H,10,14H2,1-4H3. The van der Waals surface area contributed by atoms with Crippen LogP contribution in [-0.4, -0.2) is 129 Å². The van der Waals surface area contributed by atoms with E-state index < -0.39 is 53.3 Å². The molecule has 0 aliphatic heterocycles. The van der Waals surface area contributed by atoms with Crippen LogP contribution in [0.25, 0.3) is 34.2 Å². The molecule has 8 aromatic rings. The molecule has 2 atom stereocenters. The van der Waals surface area contributed by atoms with Crippen LogP contribution in [-0.2, 0) is 44.0 Å². The summed E-state index contributed by atoms with van der Waals surface area (Å²) in [6, 6.07) is 17.1. The Morgan fingerprint density at radius 1 is 0.486 bits per heavy atom. The van der Waals surface area contributed by atoms with E-state index >= 15 is 0 Å². The number of methoxy groups -OCH3 is 6. The smallest absolute Gasteiger partial charge is 0.213 e. The van der Waals surface area contributed by atoms with Crippen LogP contribution < -0.4 is 28.4 Å². The summed E-state index contributed by atoms with van der Waals surface area (Å²) in [6.45, 7) is 3.09. The average Bonchev–Trinajstić information content (AvgIpc) is 4.02. The summed E-state index contributed by atoms with van der Waals surface area (Å²) in [6.07, 6.45) is 7.11. The van der Waals surface area contributed by atoms with Crippen molar-refractivity contribution in [3.05, 3.63) is 133 Å². The number of ether oxygens (including phenoxy) is 6. The molecule has 0 spiro atoms. The zero-order valence-corrected chi connectivity index (χ0v) is 42.9. The van der Waals surface area contributed by atoms with E-state index in [1.165, 1.54) is 42.7 Å². The lowest BCUT2D eigenvalue weighted by molar-refractivity contribution is 0.390. The second kappa shape index (κ2) is 23.5. The van der Waals surface area contributed by atoms with E-state index in [2.05, 4.69) is 50.3 Å². The molecule has 0 amide bonds. The van der Waals surface area contributed by atoms with Gasteiger partial charge < -0.3 is 28.4 Å². The van der Waals surface area contributed by atoms with Crippen molar-refractivity contribution in [3.63, 3.8) is 0 Å². The number of hydrogen-bond donors (Lipinski definition) is 0. The minimum absolute atomic E-state index is 0.00312. The van der Waals surface area contributed by atoms with Crippen molar-refractivity contribution in [3.8, 4) is 68.9 Å². The maximum absolute atomic E-state index is 13.4.